The molecule has 0 aliphatic rings. The maximum absolute atomic E-state index is 12.6. The third-order valence-electron chi connectivity index (χ3n) is 2.95. The lowest BCUT2D eigenvalue weighted by Crippen LogP contribution is -2.36. The molecule has 0 radical (unpaired) electrons. The Balaban J connectivity index is 1.82. The zero-order chi connectivity index (χ0) is 17.7. The number of halogens is 4. The molecular formula is C15H12BrF3N2O3. The van der Waals surface area contributed by atoms with Gasteiger partial charge in [0.1, 0.15) is 0 Å². The first-order valence-corrected chi connectivity index (χ1v) is 7.51. The van der Waals surface area contributed by atoms with Crippen LogP contribution in [-0.2, 0) is 17.5 Å². The number of carbonyl (C=O) groups is 2. The van der Waals surface area contributed by atoms with Gasteiger partial charge in [0, 0.05) is 6.54 Å². The van der Waals surface area contributed by atoms with Gasteiger partial charge in [-0.25, -0.2) is 0 Å². The highest BCUT2D eigenvalue weighted by Gasteiger charge is 2.30. The quantitative estimate of drug-likeness (QED) is 0.803. The van der Waals surface area contributed by atoms with Crippen LogP contribution >= 0.6 is 15.9 Å². The maximum atomic E-state index is 12.6. The van der Waals surface area contributed by atoms with E-state index < -0.39 is 23.6 Å². The van der Waals surface area contributed by atoms with Crippen LogP contribution in [0, 0.1) is 0 Å². The fourth-order valence-corrected chi connectivity index (χ4v) is 2.11. The molecule has 1 aromatic heterocycles. The van der Waals surface area contributed by atoms with Gasteiger partial charge < -0.3 is 15.1 Å². The molecule has 9 heteroatoms. The topological polar surface area (TPSA) is 71.3 Å². The summed E-state index contributed by atoms with van der Waals surface area (Å²) in [4.78, 5) is 23.3. The fraction of sp³-hybridized carbons (Fsp3) is 0.200. The lowest BCUT2D eigenvalue weighted by molar-refractivity contribution is -0.137. The van der Waals surface area contributed by atoms with Gasteiger partial charge in [-0.1, -0.05) is 12.1 Å². The van der Waals surface area contributed by atoms with Gasteiger partial charge in [0.2, 0.25) is 5.91 Å². The number of hydrogen-bond acceptors (Lipinski definition) is 3. The number of hydrogen-bond donors (Lipinski definition) is 2. The highest BCUT2D eigenvalue weighted by Crippen LogP contribution is 2.29. The van der Waals surface area contributed by atoms with Gasteiger partial charge >= 0.3 is 6.18 Å². The van der Waals surface area contributed by atoms with E-state index in [1.54, 1.807) is 0 Å². The predicted octanol–water partition coefficient (Wildman–Crippen LogP) is 3.11. The van der Waals surface area contributed by atoms with Gasteiger partial charge in [-0.3, -0.25) is 9.59 Å². The molecule has 0 fully saturated rings. The standard InChI is InChI=1S/C15H12BrF3N2O3/c16-12-5-4-11(24-12)14(23)21-8-13(22)20-7-9-2-1-3-10(6-9)15(17,18)19/h1-6H,7-8H2,(H,20,22)(H,21,23). The van der Waals surface area contributed by atoms with Crippen molar-refractivity contribution in [1.29, 1.82) is 0 Å². The van der Waals surface area contributed by atoms with Crippen LogP contribution in [0.25, 0.3) is 0 Å². The lowest BCUT2D eigenvalue weighted by atomic mass is 10.1. The molecule has 1 aromatic carbocycles. The van der Waals surface area contributed by atoms with Crippen molar-refractivity contribution >= 4 is 27.7 Å². The van der Waals surface area contributed by atoms with Gasteiger partial charge in [-0.05, 0) is 45.8 Å². The van der Waals surface area contributed by atoms with Crippen LogP contribution in [-0.4, -0.2) is 18.4 Å². The fourth-order valence-electron chi connectivity index (χ4n) is 1.80. The number of nitrogens with one attached hydrogen (secondary N) is 2. The molecule has 128 valence electrons. The van der Waals surface area contributed by atoms with E-state index >= 15 is 0 Å². The molecule has 0 aliphatic carbocycles. The van der Waals surface area contributed by atoms with Crippen molar-refractivity contribution in [3.63, 3.8) is 0 Å². The van der Waals surface area contributed by atoms with E-state index in [1.807, 2.05) is 0 Å². The minimum absolute atomic E-state index is 0.0348. The first-order valence-electron chi connectivity index (χ1n) is 6.72. The van der Waals surface area contributed by atoms with Crippen LogP contribution in [0.1, 0.15) is 21.7 Å². The molecule has 0 bridgehead atoms. The Morgan fingerprint density at radius 2 is 1.88 bits per heavy atom. The molecule has 0 unspecified atom stereocenters. The third kappa shape index (κ3) is 5.12. The van der Waals surface area contributed by atoms with Gasteiger partial charge in [-0.2, -0.15) is 13.2 Å². The van der Waals surface area contributed by atoms with E-state index in [-0.39, 0.29) is 18.8 Å². The molecule has 24 heavy (non-hydrogen) atoms. The summed E-state index contributed by atoms with van der Waals surface area (Å²) in [5, 5.41) is 4.77. The number of furan rings is 1. The highest BCUT2D eigenvalue weighted by atomic mass is 79.9. The Morgan fingerprint density at radius 3 is 2.50 bits per heavy atom. The van der Waals surface area contributed by atoms with Crippen LogP contribution in [0.15, 0.2) is 45.5 Å². The minimum Gasteiger partial charge on any atom is -0.444 e. The van der Waals surface area contributed by atoms with Crippen molar-refractivity contribution in [2.75, 3.05) is 6.54 Å². The van der Waals surface area contributed by atoms with E-state index in [4.69, 9.17) is 4.42 Å². The zero-order valence-corrected chi connectivity index (χ0v) is 13.7. The van der Waals surface area contributed by atoms with E-state index in [0.29, 0.717) is 10.2 Å². The van der Waals surface area contributed by atoms with Crippen LogP contribution < -0.4 is 10.6 Å². The minimum atomic E-state index is -4.44. The van der Waals surface area contributed by atoms with E-state index in [9.17, 15) is 22.8 Å². The Labute approximate surface area is 143 Å². The molecule has 0 saturated heterocycles. The van der Waals surface area contributed by atoms with E-state index in [2.05, 4.69) is 26.6 Å². The molecule has 2 rings (SSSR count). The second-order valence-corrected chi connectivity index (χ2v) is 5.54. The van der Waals surface area contributed by atoms with Crippen LogP contribution in [0.4, 0.5) is 13.2 Å². The van der Waals surface area contributed by atoms with E-state index in [0.717, 1.165) is 12.1 Å². The van der Waals surface area contributed by atoms with Crippen molar-refractivity contribution in [2.45, 2.75) is 12.7 Å². The maximum Gasteiger partial charge on any atom is 0.416 e. The molecule has 2 aromatic rings. The summed E-state index contributed by atoms with van der Waals surface area (Å²) in [6, 6.07) is 7.60. The molecule has 5 nitrogen and oxygen atoms in total. The second kappa shape index (κ2) is 7.52. The summed E-state index contributed by atoms with van der Waals surface area (Å²) < 4.78 is 43.2. The Kier molecular flexibility index (Phi) is 5.66. The average molecular weight is 405 g/mol. The van der Waals surface area contributed by atoms with Crippen LogP contribution in [0.2, 0.25) is 0 Å². The Morgan fingerprint density at radius 1 is 1.12 bits per heavy atom. The number of alkyl halides is 3. The number of rotatable bonds is 5. The summed E-state index contributed by atoms with van der Waals surface area (Å²) in [5.41, 5.74) is -0.481. The van der Waals surface area contributed by atoms with E-state index in [1.165, 1.54) is 24.3 Å². The van der Waals surface area contributed by atoms with Gasteiger partial charge in [0.15, 0.2) is 10.4 Å². The summed E-state index contributed by atoms with van der Waals surface area (Å²) in [6.07, 6.45) is -4.44. The average Bonchev–Trinajstić information content (AvgIpc) is 2.96. The zero-order valence-electron chi connectivity index (χ0n) is 12.1. The summed E-state index contributed by atoms with van der Waals surface area (Å²) in [6.45, 7) is -0.402. The first-order chi connectivity index (χ1) is 11.3. The molecule has 1 heterocycles. The van der Waals surface area contributed by atoms with Gasteiger partial charge in [0.05, 0.1) is 12.1 Å². The molecule has 0 atom stereocenters. The molecule has 2 N–H and O–H groups in total. The Hall–Kier alpha value is -2.29. The third-order valence-corrected chi connectivity index (χ3v) is 3.38. The van der Waals surface area contributed by atoms with Crippen molar-refractivity contribution in [2.24, 2.45) is 0 Å². The normalized spacial score (nSPS) is 11.2. The van der Waals surface area contributed by atoms with Crippen molar-refractivity contribution in [3.05, 3.63) is 58.0 Å². The monoisotopic (exact) mass is 404 g/mol. The molecular weight excluding hydrogens is 393 g/mol. The smallest absolute Gasteiger partial charge is 0.416 e. The van der Waals surface area contributed by atoms with Crippen LogP contribution in [0.3, 0.4) is 0 Å². The summed E-state index contributed by atoms with van der Waals surface area (Å²) in [5.74, 6) is -1.08. The van der Waals surface area contributed by atoms with Gasteiger partial charge in [-0.15, -0.1) is 0 Å². The Bertz CT molecular complexity index is 744. The largest absolute Gasteiger partial charge is 0.444 e. The number of carbonyl (C=O) groups excluding carboxylic acids is 2. The second-order valence-electron chi connectivity index (χ2n) is 4.76. The van der Waals surface area contributed by atoms with Crippen molar-refractivity contribution < 1.29 is 27.2 Å². The van der Waals surface area contributed by atoms with Crippen molar-refractivity contribution in [3.8, 4) is 0 Å². The molecule has 0 saturated carbocycles. The van der Waals surface area contributed by atoms with Crippen molar-refractivity contribution in [1.82, 2.24) is 10.6 Å². The lowest BCUT2D eigenvalue weighted by Gasteiger charge is -2.10. The number of benzene rings is 1. The van der Waals surface area contributed by atoms with Gasteiger partial charge in [0.25, 0.3) is 5.91 Å². The molecule has 0 aliphatic heterocycles. The summed E-state index contributed by atoms with van der Waals surface area (Å²) in [7, 11) is 0. The SMILES string of the molecule is O=C(CNC(=O)c1ccc(Br)o1)NCc1cccc(C(F)(F)F)c1. The number of amides is 2. The highest BCUT2D eigenvalue weighted by molar-refractivity contribution is 9.10. The van der Waals surface area contributed by atoms with Crippen LogP contribution in [0.5, 0.6) is 0 Å². The summed E-state index contributed by atoms with van der Waals surface area (Å²) >= 11 is 3.04. The predicted molar refractivity (Wildman–Crippen MR) is 82.0 cm³/mol. The molecule has 0 spiro atoms. The first kappa shape index (κ1) is 18.1. The molecule has 2 amide bonds.